The molecule has 0 amide bonds. The van der Waals surface area contributed by atoms with Gasteiger partial charge in [0.15, 0.2) is 0 Å². The lowest BCUT2D eigenvalue weighted by Crippen LogP contribution is -2.54. The van der Waals surface area contributed by atoms with Gasteiger partial charge in [0.25, 0.3) is 5.69 Å². The zero-order valence-corrected chi connectivity index (χ0v) is 10.7. The van der Waals surface area contributed by atoms with Gasteiger partial charge in [0.2, 0.25) is 0 Å². The van der Waals surface area contributed by atoms with Crippen LogP contribution in [-0.2, 0) is 0 Å². The van der Waals surface area contributed by atoms with E-state index in [2.05, 4.69) is 18.7 Å². The molecule has 1 fully saturated rings. The molecule has 0 bridgehead atoms. The number of nitro benzene ring substituents is 1. The summed E-state index contributed by atoms with van der Waals surface area (Å²) >= 11 is 0. The molecule has 5 heteroatoms. The van der Waals surface area contributed by atoms with Crippen molar-refractivity contribution in [2.75, 3.05) is 19.6 Å². The molecule has 0 saturated carbocycles. The molecule has 1 aromatic rings. The van der Waals surface area contributed by atoms with Crippen molar-refractivity contribution in [1.29, 1.82) is 0 Å². The number of benzene rings is 1. The van der Waals surface area contributed by atoms with Gasteiger partial charge in [-0.15, -0.1) is 0 Å². The minimum absolute atomic E-state index is 0.0948. The Kier molecular flexibility index (Phi) is 3.81. The highest BCUT2D eigenvalue weighted by atomic mass is 16.6. The summed E-state index contributed by atoms with van der Waals surface area (Å²) in [4.78, 5) is 12.4. The van der Waals surface area contributed by atoms with Crippen molar-refractivity contribution < 1.29 is 9.66 Å². The van der Waals surface area contributed by atoms with Crippen LogP contribution in [-0.4, -0.2) is 35.6 Å². The van der Waals surface area contributed by atoms with Gasteiger partial charge in [-0.1, -0.05) is 13.8 Å². The fourth-order valence-electron chi connectivity index (χ4n) is 2.10. The fourth-order valence-corrected chi connectivity index (χ4v) is 2.10. The quantitative estimate of drug-likeness (QED) is 0.594. The van der Waals surface area contributed by atoms with E-state index in [4.69, 9.17) is 4.74 Å². The Morgan fingerprint density at radius 2 is 2.00 bits per heavy atom. The molecule has 0 spiro atoms. The lowest BCUT2D eigenvalue weighted by molar-refractivity contribution is -0.384. The lowest BCUT2D eigenvalue weighted by Gasteiger charge is -2.39. The normalized spacial score (nSPS) is 16.6. The highest BCUT2D eigenvalue weighted by Gasteiger charge is 2.28. The first kappa shape index (κ1) is 12.8. The van der Waals surface area contributed by atoms with Crippen LogP contribution < -0.4 is 4.74 Å². The van der Waals surface area contributed by atoms with E-state index >= 15 is 0 Å². The van der Waals surface area contributed by atoms with Crippen molar-refractivity contribution in [2.45, 2.75) is 20.0 Å². The van der Waals surface area contributed by atoms with Crippen molar-refractivity contribution in [2.24, 2.45) is 5.92 Å². The van der Waals surface area contributed by atoms with Crippen molar-refractivity contribution in [1.82, 2.24) is 4.90 Å². The fraction of sp³-hybridized carbons (Fsp3) is 0.538. The molecule has 1 heterocycles. The van der Waals surface area contributed by atoms with Crippen LogP contribution in [0.2, 0.25) is 0 Å². The highest BCUT2D eigenvalue weighted by Crippen LogP contribution is 2.21. The molecular weight excluding hydrogens is 232 g/mol. The average molecular weight is 250 g/mol. The Balaban J connectivity index is 1.80. The standard InChI is InChI=1S/C13H18N2O3/c1-10(2)7-14-8-13(9-14)18-12-5-3-11(4-6-12)15(16)17/h3-6,10,13H,7-9H2,1-2H3. The minimum Gasteiger partial charge on any atom is -0.488 e. The number of nitro groups is 1. The predicted molar refractivity (Wildman–Crippen MR) is 68.8 cm³/mol. The van der Waals surface area contributed by atoms with Gasteiger partial charge in [-0.05, 0) is 18.1 Å². The van der Waals surface area contributed by atoms with Crippen LogP contribution in [0.5, 0.6) is 5.75 Å². The summed E-state index contributed by atoms with van der Waals surface area (Å²) in [5.41, 5.74) is 0.0948. The van der Waals surface area contributed by atoms with Gasteiger partial charge in [0.05, 0.1) is 4.92 Å². The molecule has 1 aliphatic heterocycles. The largest absolute Gasteiger partial charge is 0.488 e. The first-order chi connectivity index (χ1) is 8.54. The summed E-state index contributed by atoms with van der Waals surface area (Å²) in [5.74, 6) is 1.38. The van der Waals surface area contributed by atoms with Crippen molar-refractivity contribution >= 4 is 5.69 Å². The highest BCUT2D eigenvalue weighted by molar-refractivity contribution is 5.36. The summed E-state index contributed by atoms with van der Waals surface area (Å²) in [5, 5.41) is 10.5. The van der Waals surface area contributed by atoms with Crippen LogP contribution in [0.3, 0.4) is 0 Å². The second-order valence-electron chi connectivity index (χ2n) is 5.10. The number of ether oxygens (including phenoxy) is 1. The molecule has 0 atom stereocenters. The van der Waals surface area contributed by atoms with E-state index in [0.717, 1.165) is 19.6 Å². The molecule has 0 aliphatic carbocycles. The van der Waals surface area contributed by atoms with E-state index in [1.807, 2.05) is 0 Å². The van der Waals surface area contributed by atoms with E-state index in [9.17, 15) is 10.1 Å². The molecular formula is C13H18N2O3. The van der Waals surface area contributed by atoms with E-state index in [0.29, 0.717) is 11.7 Å². The van der Waals surface area contributed by atoms with Crippen LogP contribution in [0.25, 0.3) is 0 Å². The minimum atomic E-state index is -0.405. The van der Waals surface area contributed by atoms with Gasteiger partial charge in [0.1, 0.15) is 11.9 Å². The third-order valence-corrected chi connectivity index (χ3v) is 2.90. The number of nitrogens with zero attached hydrogens (tertiary/aromatic N) is 2. The molecule has 0 N–H and O–H groups in total. The number of non-ortho nitro benzene ring substituents is 1. The topological polar surface area (TPSA) is 55.6 Å². The van der Waals surface area contributed by atoms with Gasteiger partial charge in [-0.25, -0.2) is 0 Å². The Morgan fingerprint density at radius 3 is 2.50 bits per heavy atom. The SMILES string of the molecule is CC(C)CN1CC(Oc2ccc([N+](=O)[O-])cc2)C1. The third-order valence-electron chi connectivity index (χ3n) is 2.90. The summed E-state index contributed by atoms with van der Waals surface area (Å²) in [7, 11) is 0. The summed E-state index contributed by atoms with van der Waals surface area (Å²) in [6.07, 6.45) is 0.213. The Hall–Kier alpha value is -1.62. The molecule has 1 aliphatic rings. The van der Waals surface area contributed by atoms with Crippen molar-refractivity contribution in [3.05, 3.63) is 34.4 Å². The van der Waals surface area contributed by atoms with E-state index in [1.54, 1.807) is 12.1 Å². The molecule has 98 valence electrons. The molecule has 0 unspecified atom stereocenters. The molecule has 5 nitrogen and oxygen atoms in total. The Labute approximate surface area is 107 Å². The summed E-state index contributed by atoms with van der Waals surface area (Å²) < 4.78 is 5.73. The lowest BCUT2D eigenvalue weighted by atomic mass is 10.1. The van der Waals surface area contributed by atoms with Crippen molar-refractivity contribution in [3.63, 3.8) is 0 Å². The van der Waals surface area contributed by atoms with Crippen LogP contribution in [0.15, 0.2) is 24.3 Å². The van der Waals surface area contributed by atoms with Crippen LogP contribution in [0.4, 0.5) is 5.69 Å². The van der Waals surface area contributed by atoms with Crippen molar-refractivity contribution in [3.8, 4) is 5.75 Å². The number of likely N-dealkylation sites (tertiary alicyclic amines) is 1. The second kappa shape index (κ2) is 5.35. The molecule has 0 radical (unpaired) electrons. The monoisotopic (exact) mass is 250 g/mol. The van der Waals surface area contributed by atoms with Crippen LogP contribution in [0.1, 0.15) is 13.8 Å². The van der Waals surface area contributed by atoms with Gasteiger partial charge in [-0.3, -0.25) is 15.0 Å². The van der Waals surface area contributed by atoms with Crippen LogP contribution in [0, 0.1) is 16.0 Å². The number of hydrogen-bond donors (Lipinski definition) is 0. The van der Waals surface area contributed by atoms with Gasteiger partial charge < -0.3 is 4.74 Å². The maximum atomic E-state index is 10.5. The summed E-state index contributed by atoms with van der Waals surface area (Å²) in [6.45, 7) is 7.37. The summed E-state index contributed by atoms with van der Waals surface area (Å²) in [6, 6.07) is 6.26. The second-order valence-corrected chi connectivity index (χ2v) is 5.10. The predicted octanol–water partition coefficient (Wildman–Crippen LogP) is 2.31. The third kappa shape index (κ3) is 3.20. The first-order valence-corrected chi connectivity index (χ1v) is 6.18. The maximum absolute atomic E-state index is 10.5. The smallest absolute Gasteiger partial charge is 0.269 e. The van der Waals surface area contributed by atoms with Crippen LogP contribution >= 0.6 is 0 Å². The zero-order valence-electron chi connectivity index (χ0n) is 10.7. The Bertz CT molecular complexity index is 411. The van der Waals surface area contributed by atoms with E-state index < -0.39 is 4.92 Å². The average Bonchev–Trinajstić information content (AvgIpc) is 2.26. The molecule has 1 aromatic carbocycles. The molecule has 0 aromatic heterocycles. The molecule has 18 heavy (non-hydrogen) atoms. The van der Waals surface area contributed by atoms with E-state index in [1.165, 1.54) is 12.1 Å². The number of hydrogen-bond acceptors (Lipinski definition) is 4. The Morgan fingerprint density at radius 1 is 1.39 bits per heavy atom. The first-order valence-electron chi connectivity index (χ1n) is 6.18. The molecule has 2 rings (SSSR count). The van der Waals surface area contributed by atoms with Gasteiger partial charge in [0, 0.05) is 31.8 Å². The zero-order chi connectivity index (χ0) is 13.1. The molecule has 1 saturated heterocycles. The maximum Gasteiger partial charge on any atom is 0.269 e. The van der Waals surface area contributed by atoms with Gasteiger partial charge in [-0.2, -0.15) is 0 Å². The van der Waals surface area contributed by atoms with Gasteiger partial charge >= 0.3 is 0 Å². The number of rotatable bonds is 5. The van der Waals surface area contributed by atoms with E-state index in [-0.39, 0.29) is 11.8 Å².